The molecule has 0 aromatic heterocycles. The van der Waals surface area contributed by atoms with E-state index < -0.39 is 12.1 Å². The van der Waals surface area contributed by atoms with Crippen LogP contribution in [0.25, 0.3) is 0 Å². The number of carbonyl (C=O) groups excluding carboxylic acids is 1. The first-order valence-corrected chi connectivity index (χ1v) is 8.47. The van der Waals surface area contributed by atoms with Crippen molar-refractivity contribution in [1.82, 2.24) is 9.80 Å². The monoisotopic (exact) mass is 391 g/mol. The van der Waals surface area contributed by atoms with Crippen molar-refractivity contribution in [1.29, 1.82) is 0 Å². The Morgan fingerprint density at radius 2 is 1.68 bits per heavy atom. The normalized spacial score (nSPS) is 17.4. The molecule has 1 amide bonds. The molecule has 3 N–H and O–H groups in total. The number of nitrogens with two attached hydrogens (primary N) is 1. The molecule has 0 aliphatic carbocycles. The van der Waals surface area contributed by atoms with E-state index in [0.29, 0.717) is 25.6 Å². The Morgan fingerprint density at radius 3 is 2.20 bits per heavy atom. The fourth-order valence-corrected chi connectivity index (χ4v) is 3.02. The van der Waals surface area contributed by atoms with Crippen LogP contribution in [0.5, 0.6) is 0 Å². The number of halogens is 2. The van der Waals surface area contributed by atoms with Crippen molar-refractivity contribution in [3.8, 4) is 0 Å². The average Bonchev–Trinajstić information content (AvgIpc) is 2.55. The summed E-state index contributed by atoms with van der Waals surface area (Å²) in [5.74, 6) is 0.484. The van der Waals surface area contributed by atoms with Gasteiger partial charge in [-0.15, -0.1) is 24.8 Å². The number of carbonyl (C=O) groups is 1. The number of hydrogen-bond acceptors (Lipinski definition) is 4. The zero-order valence-electron chi connectivity index (χ0n) is 15.0. The molecule has 0 bridgehead atoms. The minimum atomic E-state index is -0.485. The summed E-state index contributed by atoms with van der Waals surface area (Å²) in [4.78, 5) is 16.4. The fourth-order valence-electron chi connectivity index (χ4n) is 3.02. The zero-order valence-corrected chi connectivity index (χ0v) is 16.6. The number of amides is 1. The van der Waals surface area contributed by atoms with E-state index in [1.165, 1.54) is 0 Å². The summed E-state index contributed by atoms with van der Waals surface area (Å²) in [5, 5.41) is 10.3. The molecule has 1 aliphatic rings. The van der Waals surface area contributed by atoms with Crippen molar-refractivity contribution in [3.05, 3.63) is 35.9 Å². The highest BCUT2D eigenvalue weighted by Crippen LogP contribution is 2.15. The lowest BCUT2D eigenvalue weighted by atomic mass is 10.0. The fraction of sp³-hybridized carbons (Fsp3) is 0.611. The molecule has 1 aromatic carbocycles. The minimum Gasteiger partial charge on any atom is -0.387 e. The molecule has 1 fully saturated rings. The molecule has 1 unspecified atom stereocenters. The Morgan fingerprint density at radius 1 is 1.12 bits per heavy atom. The van der Waals surface area contributed by atoms with Crippen LogP contribution in [0.1, 0.15) is 31.9 Å². The lowest BCUT2D eigenvalue weighted by molar-refractivity contribution is -0.134. The van der Waals surface area contributed by atoms with Crippen molar-refractivity contribution in [2.24, 2.45) is 11.7 Å². The van der Waals surface area contributed by atoms with E-state index in [1.807, 2.05) is 35.2 Å². The lowest BCUT2D eigenvalue weighted by Crippen LogP contribution is -2.53. The topological polar surface area (TPSA) is 69.8 Å². The minimum absolute atomic E-state index is 0. The largest absolute Gasteiger partial charge is 0.387 e. The standard InChI is InChI=1S/C18H29N3O2.2ClH/c1-14(2)12-16(19)18(23)21-10-8-20(9-11-21)13-17(22)15-6-4-3-5-7-15;;/h3-7,14,16-17,22H,8-13,19H2,1-2H3;2*1H/t16-,17?;;/m0../s1. The van der Waals surface area contributed by atoms with Gasteiger partial charge in [0, 0.05) is 32.7 Å². The van der Waals surface area contributed by atoms with Gasteiger partial charge in [0.25, 0.3) is 0 Å². The number of piperazine rings is 1. The van der Waals surface area contributed by atoms with Crippen LogP contribution in [0.4, 0.5) is 0 Å². The van der Waals surface area contributed by atoms with Gasteiger partial charge in [0.1, 0.15) is 0 Å². The Bertz CT molecular complexity index is 494. The van der Waals surface area contributed by atoms with Crippen LogP contribution < -0.4 is 5.73 Å². The van der Waals surface area contributed by atoms with E-state index >= 15 is 0 Å². The van der Waals surface area contributed by atoms with Crippen LogP contribution in [0.2, 0.25) is 0 Å². The summed E-state index contributed by atoms with van der Waals surface area (Å²) < 4.78 is 0. The van der Waals surface area contributed by atoms with Crippen LogP contribution in [-0.2, 0) is 4.79 Å². The molecule has 25 heavy (non-hydrogen) atoms. The molecule has 1 saturated heterocycles. The van der Waals surface area contributed by atoms with E-state index in [9.17, 15) is 9.90 Å². The Balaban J connectivity index is 0.00000288. The number of nitrogens with zero attached hydrogens (tertiary/aromatic N) is 2. The van der Waals surface area contributed by atoms with Crippen molar-refractivity contribution >= 4 is 30.7 Å². The second-order valence-corrected chi connectivity index (χ2v) is 6.79. The van der Waals surface area contributed by atoms with Gasteiger partial charge in [0.2, 0.25) is 5.91 Å². The number of rotatable bonds is 6. The number of aliphatic hydroxyl groups excluding tert-OH is 1. The molecule has 2 atom stereocenters. The number of benzene rings is 1. The lowest BCUT2D eigenvalue weighted by Gasteiger charge is -2.36. The van der Waals surface area contributed by atoms with E-state index in [4.69, 9.17) is 5.73 Å². The van der Waals surface area contributed by atoms with Gasteiger partial charge in [-0.3, -0.25) is 9.69 Å². The second-order valence-electron chi connectivity index (χ2n) is 6.79. The van der Waals surface area contributed by atoms with Gasteiger partial charge in [-0.2, -0.15) is 0 Å². The predicted molar refractivity (Wildman–Crippen MR) is 106 cm³/mol. The van der Waals surface area contributed by atoms with Crippen LogP contribution >= 0.6 is 24.8 Å². The van der Waals surface area contributed by atoms with Gasteiger partial charge in [-0.05, 0) is 17.9 Å². The smallest absolute Gasteiger partial charge is 0.239 e. The zero-order chi connectivity index (χ0) is 16.8. The van der Waals surface area contributed by atoms with E-state index in [2.05, 4.69) is 18.7 Å². The van der Waals surface area contributed by atoms with Crippen LogP contribution in [-0.4, -0.2) is 59.6 Å². The Labute approximate surface area is 163 Å². The molecule has 0 saturated carbocycles. The molecule has 0 spiro atoms. The molecule has 1 aliphatic heterocycles. The van der Waals surface area contributed by atoms with Crippen molar-refractivity contribution in [2.75, 3.05) is 32.7 Å². The summed E-state index contributed by atoms with van der Waals surface area (Å²) in [6.45, 7) is 7.70. The molecule has 144 valence electrons. The SMILES string of the molecule is CC(C)C[C@H](N)C(=O)N1CCN(CC(O)c2ccccc2)CC1.Cl.Cl. The molecular formula is C18H31Cl2N3O2. The van der Waals surface area contributed by atoms with Crippen molar-refractivity contribution in [3.63, 3.8) is 0 Å². The maximum atomic E-state index is 12.3. The third-order valence-electron chi connectivity index (χ3n) is 4.34. The highest BCUT2D eigenvalue weighted by Gasteiger charge is 2.26. The highest BCUT2D eigenvalue weighted by molar-refractivity contribution is 5.85. The van der Waals surface area contributed by atoms with Crippen molar-refractivity contribution in [2.45, 2.75) is 32.4 Å². The van der Waals surface area contributed by atoms with Gasteiger partial charge < -0.3 is 15.7 Å². The van der Waals surface area contributed by atoms with Gasteiger partial charge in [-0.1, -0.05) is 44.2 Å². The molecule has 5 nitrogen and oxygen atoms in total. The molecule has 2 rings (SSSR count). The molecular weight excluding hydrogens is 361 g/mol. The summed E-state index contributed by atoms with van der Waals surface area (Å²) in [7, 11) is 0. The second kappa shape index (κ2) is 11.7. The first-order chi connectivity index (χ1) is 11.0. The third kappa shape index (κ3) is 7.50. The summed E-state index contributed by atoms with van der Waals surface area (Å²) in [6, 6.07) is 9.30. The molecule has 1 heterocycles. The number of hydrogen-bond donors (Lipinski definition) is 2. The average molecular weight is 392 g/mol. The summed E-state index contributed by atoms with van der Waals surface area (Å²) >= 11 is 0. The quantitative estimate of drug-likeness (QED) is 0.778. The number of aliphatic hydroxyl groups is 1. The summed E-state index contributed by atoms with van der Waals surface area (Å²) in [5.41, 5.74) is 6.93. The third-order valence-corrected chi connectivity index (χ3v) is 4.34. The van der Waals surface area contributed by atoms with Gasteiger partial charge >= 0.3 is 0 Å². The van der Waals surface area contributed by atoms with E-state index in [0.717, 1.165) is 25.1 Å². The van der Waals surface area contributed by atoms with Crippen LogP contribution in [0.3, 0.4) is 0 Å². The highest BCUT2D eigenvalue weighted by atomic mass is 35.5. The Hall–Kier alpha value is -0.850. The van der Waals surface area contributed by atoms with Gasteiger partial charge in [-0.25, -0.2) is 0 Å². The number of β-amino-alcohol motifs (C(OH)–C–C–N with tert-alkyl or cyclic N) is 1. The van der Waals surface area contributed by atoms with Crippen LogP contribution in [0, 0.1) is 5.92 Å². The van der Waals surface area contributed by atoms with E-state index in [-0.39, 0.29) is 30.7 Å². The molecule has 0 radical (unpaired) electrons. The predicted octanol–water partition coefficient (Wildman–Crippen LogP) is 2.08. The first kappa shape index (κ1) is 24.1. The van der Waals surface area contributed by atoms with E-state index in [1.54, 1.807) is 0 Å². The maximum Gasteiger partial charge on any atom is 0.239 e. The Kier molecular flexibility index (Phi) is 11.3. The van der Waals surface area contributed by atoms with Crippen LogP contribution in [0.15, 0.2) is 30.3 Å². The van der Waals surface area contributed by atoms with Gasteiger partial charge in [0.05, 0.1) is 12.1 Å². The first-order valence-electron chi connectivity index (χ1n) is 8.47. The molecule has 1 aromatic rings. The molecule has 7 heteroatoms. The van der Waals surface area contributed by atoms with Gasteiger partial charge in [0.15, 0.2) is 0 Å². The van der Waals surface area contributed by atoms with Crippen molar-refractivity contribution < 1.29 is 9.90 Å². The maximum absolute atomic E-state index is 12.3. The summed E-state index contributed by atoms with van der Waals surface area (Å²) in [6.07, 6.45) is 0.243.